The van der Waals surface area contributed by atoms with Crippen LogP contribution >= 0.6 is 0 Å². The molecule has 0 saturated heterocycles. The normalized spacial score (nSPS) is 11.1. The number of carbonyl (C=O) groups is 2. The minimum Gasteiger partial charge on any atom is -0.465 e. The summed E-state index contributed by atoms with van der Waals surface area (Å²) in [5.74, 6) is -0.427. The molecule has 23 heavy (non-hydrogen) atoms. The maximum atomic E-state index is 11.5. The molecule has 0 amide bonds. The largest absolute Gasteiger partial charge is 0.465 e. The van der Waals surface area contributed by atoms with E-state index < -0.39 is 16.7 Å². The lowest BCUT2D eigenvalue weighted by molar-refractivity contribution is -0.384. The zero-order valence-corrected chi connectivity index (χ0v) is 12.4. The molecule has 0 unspecified atom stereocenters. The molecular weight excluding hydrogens is 302 g/mol. The third-order valence-electron chi connectivity index (χ3n) is 3.06. The van der Waals surface area contributed by atoms with Gasteiger partial charge in [-0.15, -0.1) is 0 Å². The SMILES string of the molecule is COC(=O)/C(=C/c1ccc(-c2ccc([N+](=O)[O-])cc2)o1)C(C)=O. The van der Waals surface area contributed by atoms with Crippen LogP contribution in [0.1, 0.15) is 12.7 Å². The second kappa shape index (κ2) is 6.69. The van der Waals surface area contributed by atoms with E-state index in [0.717, 1.165) is 0 Å². The second-order valence-electron chi connectivity index (χ2n) is 4.61. The molecule has 1 heterocycles. The Bertz CT molecular complexity index is 785. The standard InChI is InChI=1S/C16H13NO6/c1-10(18)14(16(19)22-2)9-13-7-8-15(23-13)11-3-5-12(6-4-11)17(20)21/h3-9H,1-2H3/b14-9+. The highest BCUT2D eigenvalue weighted by Gasteiger charge is 2.16. The lowest BCUT2D eigenvalue weighted by atomic mass is 10.1. The highest BCUT2D eigenvalue weighted by atomic mass is 16.6. The van der Waals surface area contributed by atoms with Gasteiger partial charge in [-0.05, 0) is 37.3 Å². The van der Waals surface area contributed by atoms with E-state index in [1.165, 1.54) is 32.2 Å². The van der Waals surface area contributed by atoms with Gasteiger partial charge in [-0.2, -0.15) is 0 Å². The zero-order chi connectivity index (χ0) is 17.0. The highest BCUT2D eigenvalue weighted by molar-refractivity contribution is 6.19. The molecule has 7 nitrogen and oxygen atoms in total. The zero-order valence-electron chi connectivity index (χ0n) is 12.4. The van der Waals surface area contributed by atoms with Crippen molar-refractivity contribution in [2.45, 2.75) is 6.92 Å². The number of esters is 1. The Balaban J connectivity index is 2.31. The monoisotopic (exact) mass is 315 g/mol. The van der Waals surface area contributed by atoms with E-state index in [9.17, 15) is 19.7 Å². The van der Waals surface area contributed by atoms with E-state index in [1.54, 1.807) is 24.3 Å². The summed E-state index contributed by atoms with van der Waals surface area (Å²) in [7, 11) is 1.18. The van der Waals surface area contributed by atoms with Crippen molar-refractivity contribution in [1.29, 1.82) is 0 Å². The predicted molar refractivity (Wildman–Crippen MR) is 81.5 cm³/mol. The fraction of sp³-hybridized carbons (Fsp3) is 0.125. The first-order valence-corrected chi connectivity index (χ1v) is 6.58. The molecule has 1 aromatic carbocycles. The summed E-state index contributed by atoms with van der Waals surface area (Å²) >= 11 is 0. The minimum absolute atomic E-state index is 0.0232. The van der Waals surface area contributed by atoms with Gasteiger partial charge >= 0.3 is 5.97 Å². The third kappa shape index (κ3) is 3.70. The van der Waals surface area contributed by atoms with Crippen molar-refractivity contribution in [2.24, 2.45) is 0 Å². The number of nitro groups is 1. The maximum Gasteiger partial charge on any atom is 0.341 e. The Kier molecular flexibility index (Phi) is 4.70. The Labute approximate surface area is 131 Å². The van der Waals surface area contributed by atoms with Gasteiger partial charge in [-0.3, -0.25) is 14.9 Å². The van der Waals surface area contributed by atoms with Crippen LogP contribution in [0.5, 0.6) is 0 Å². The van der Waals surface area contributed by atoms with Crippen molar-refractivity contribution in [3.05, 3.63) is 57.8 Å². The lowest BCUT2D eigenvalue weighted by Crippen LogP contribution is -2.11. The summed E-state index contributed by atoms with van der Waals surface area (Å²) in [5, 5.41) is 10.6. The summed E-state index contributed by atoms with van der Waals surface area (Å²) in [6, 6.07) is 9.06. The third-order valence-corrected chi connectivity index (χ3v) is 3.06. The van der Waals surface area contributed by atoms with Crippen molar-refractivity contribution in [3.63, 3.8) is 0 Å². The van der Waals surface area contributed by atoms with Crippen LogP contribution in [0.4, 0.5) is 5.69 Å². The topological polar surface area (TPSA) is 99.7 Å². The molecule has 0 aliphatic heterocycles. The first kappa shape index (κ1) is 16.2. The molecule has 7 heteroatoms. The number of rotatable bonds is 5. The van der Waals surface area contributed by atoms with Gasteiger partial charge in [0, 0.05) is 17.7 Å². The smallest absolute Gasteiger partial charge is 0.341 e. The fourth-order valence-corrected chi connectivity index (χ4v) is 1.89. The van der Waals surface area contributed by atoms with Gasteiger partial charge in [0.2, 0.25) is 0 Å². The molecule has 0 N–H and O–H groups in total. The van der Waals surface area contributed by atoms with E-state index in [4.69, 9.17) is 4.42 Å². The summed E-state index contributed by atoms with van der Waals surface area (Å²) < 4.78 is 10.1. The van der Waals surface area contributed by atoms with Crippen molar-refractivity contribution >= 4 is 23.5 Å². The summed E-state index contributed by atoms with van der Waals surface area (Å²) in [6.07, 6.45) is 1.29. The van der Waals surface area contributed by atoms with Crippen molar-refractivity contribution < 1.29 is 23.7 Å². The van der Waals surface area contributed by atoms with Crippen LogP contribution in [0.2, 0.25) is 0 Å². The van der Waals surface area contributed by atoms with Crippen LogP contribution in [0, 0.1) is 10.1 Å². The number of carbonyl (C=O) groups excluding carboxylic acids is 2. The molecule has 0 aliphatic rings. The number of hydrogen-bond donors (Lipinski definition) is 0. The maximum absolute atomic E-state index is 11.5. The molecule has 0 aliphatic carbocycles. The van der Waals surface area contributed by atoms with Crippen LogP contribution in [0.25, 0.3) is 17.4 Å². The number of benzene rings is 1. The lowest BCUT2D eigenvalue weighted by Gasteiger charge is -2.00. The minimum atomic E-state index is -0.745. The number of Topliss-reactive ketones (excluding diaryl/α,β-unsaturated/α-hetero) is 1. The number of ketones is 1. The highest BCUT2D eigenvalue weighted by Crippen LogP contribution is 2.25. The number of hydrogen-bond acceptors (Lipinski definition) is 6. The molecule has 2 rings (SSSR count). The van der Waals surface area contributed by atoms with E-state index >= 15 is 0 Å². The summed E-state index contributed by atoms with van der Waals surface area (Å²) in [5.41, 5.74) is 0.486. The van der Waals surface area contributed by atoms with E-state index in [0.29, 0.717) is 17.1 Å². The van der Waals surface area contributed by atoms with Crippen LogP contribution in [0.3, 0.4) is 0 Å². The molecular formula is C16H13NO6. The van der Waals surface area contributed by atoms with Gasteiger partial charge in [0.25, 0.3) is 5.69 Å². The number of nitrogens with zero attached hydrogens (tertiary/aromatic N) is 1. The molecule has 0 atom stereocenters. The first-order chi connectivity index (χ1) is 10.9. The van der Waals surface area contributed by atoms with Gasteiger partial charge in [0.1, 0.15) is 17.1 Å². The van der Waals surface area contributed by atoms with Gasteiger partial charge < -0.3 is 9.15 Å². The Morgan fingerprint density at radius 2 is 1.83 bits per heavy atom. The summed E-state index contributed by atoms with van der Waals surface area (Å²) in [4.78, 5) is 33.1. The van der Waals surface area contributed by atoms with Crippen molar-refractivity contribution in [2.75, 3.05) is 7.11 Å². The van der Waals surface area contributed by atoms with Crippen molar-refractivity contribution in [3.8, 4) is 11.3 Å². The number of methoxy groups -OCH3 is 1. The van der Waals surface area contributed by atoms with Gasteiger partial charge in [-0.1, -0.05) is 0 Å². The molecule has 0 fully saturated rings. The second-order valence-corrected chi connectivity index (χ2v) is 4.61. The fourth-order valence-electron chi connectivity index (χ4n) is 1.89. The van der Waals surface area contributed by atoms with Crippen molar-refractivity contribution in [1.82, 2.24) is 0 Å². The number of furan rings is 1. The molecule has 0 saturated carbocycles. The number of nitro benzene ring substituents is 1. The molecule has 0 bridgehead atoms. The van der Waals surface area contributed by atoms with Gasteiger partial charge in [-0.25, -0.2) is 4.79 Å². The van der Waals surface area contributed by atoms with Gasteiger partial charge in [0.05, 0.1) is 12.0 Å². The van der Waals surface area contributed by atoms with Crippen LogP contribution < -0.4 is 0 Å². The van der Waals surface area contributed by atoms with Gasteiger partial charge in [0.15, 0.2) is 5.78 Å². The van der Waals surface area contributed by atoms with E-state index in [2.05, 4.69) is 4.74 Å². The Morgan fingerprint density at radius 3 is 2.35 bits per heavy atom. The quantitative estimate of drug-likeness (QED) is 0.210. The van der Waals surface area contributed by atoms with Crippen LogP contribution in [-0.4, -0.2) is 23.8 Å². The average Bonchev–Trinajstić information content (AvgIpc) is 3.00. The first-order valence-electron chi connectivity index (χ1n) is 6.58. The molecule has 1 aromatic heterocycles. The Morgan fingerprint density at radius 1 is 1.17 bits per heavy atom. The summed E-state index contributed by atoms with van der Waals surface area (Å²) in [6.45, 7) is 1.25. The molecule has 0 spiro atoms. The molecule has 118 valence electrons. The van der Waals surface area contributed by atoms with E-state index in [-0.39, 0.29) is 11.3 Å². The van der Waals surface area contributed by atoms with Crippen LogP contribution in [0.15, 0.2) is 46.4 Å². The van der Waals surface area contributed by atoms with Crippen LogP contribution in [-0.2, 0) is 14.3 Å². The molecule has 0 radical (unpaired) electrons. The number of non-ortho nitro benzene ring substituents is 1. The molecule has 2 aromatic rings. The van der Waals surface area contributed by atoms with E-state index in [1.807, 2.05) is 0 Å². The average molecular weight is 315 g/mol. The predicted octanol–water partition coefficient (Wildman–Crippen LogP) is 3.00. The number of ether oxygens (including phenoxy) is 1. The Hall–Kier alpha value is -3.22.